The van der Waals surface area contributed by atoms with Crippen molar-refractivity contribution in [3.8, 4) is 0 Å². The molecule has 0 radical (unpaired) electrons. The van der Waals surface area contributed by atoms with E-state index in [4.69, 9.17) is 17.3 Å². The zero-order valence-electron chi connectivity index (χ0n) is 16.2. The molecule has 150 valence electrons. The van der Waals surface area contributed by atoms with Crippen LogP contribution in [0.25, 0.3) is 0 Å². The van der Waals surface area contributed by atoms with E-state index in [1.807, 2.05) is 11.8 Å². The summed E-state index contributed by atoms with van der Waals surface area (Å²) in [5.41, 5.74) is 7.72. The monoisotopic (exact) mass is 396 g/mol. The number of aryl methyl sites for hydroxylation is 1. The molecule has 2 atom stereocenters. The molecular formula is C19H29ClN4O3. The third-order valence-corrected chi connectivity index (χ3v) is 5.51. The van der Waals surface area contributed by atoms with Gasteiger partial charge in [0.1, 0.15) is 11.9 Å². The highest BCUT2D eigenvalue weighted by molar-refractivity contribution is 6.28. The molecule has 1 aliphatic heterocycles. The molecule has 3 N–H and O–H groups in total. The van der Waals surface area contributed by atoms with Gasteiger partial charge in [-0.2, -0.15) is 0 Å². The molecule has 1 aromatic heterocycles. The van der Waals surface area contributed by atoms with Crippen molar-refractivity contribution in [2.75, 3.05) is 18.8 Å². The number of anilines is 1. The number of hydrogen-bond donors (Lipinski definition) is 2. The summed E-state index contributed by atoms with van der Waals surface area (Å²) in [6.45, 7) is 6.47. The van der Waals surface area contributed by atoms with Crippen LogP contribution in [0, 0.1) is 18.8 Å². The Morgan fingerprint density at radius 3 is 2.48 bits per heavy atom. The first-order valence-electron chi connectivity index (χ1n) is 9.47. The first-order chi connectivity index (χ1) is 12.7. The van der Waals surface area contributed by atoms with Crippen molar-refractivity contribution in [1.82, 2.24) is 14.9 Å². The number of halogens is 1. The van der Waals surface area contributed by atoms with Crippen LogP contribution >= 0.6 is 11.6 Å². The molecule has 27 heavy (non-hydrogen) atoms. The summed E-state index contributed by atoms with van der Waals surface area (Å²) in [6, 6.07) is 0. The van der Waals surface area contributed by atoms with Crippen LogP contribution < -0.4 is 5.73 Å². The van der Waals surface area contributed by atoms with Gasteiger partial charge in [-0.15, -0.1) is 0 Å². The van der Waals surface area contributed by atoms with Crippen LogP contribution in [-0.2, 0) is 16.0 Å². The molecule has 2 heterocycles. The highest BCUT2D eigenvalue weighted by Gasteiger charge is 2.28. The number of carbonyl (C=O) groups excluding carboxylic acids is 2. The Morgan fingerprint density at radius 2 is 1.93 bits per heavy atom. The molecule has 0 aliphatic carbocycles. The summed E-state index contributed by atoms with van der Waals surface area (Å²) in [4.78, 5) is 34.2. The van der Waals surface area contributed by atoms with Gasteiger partial charge in [-0.05, 0) is 57.0 Å². The van der Waals surface area contributed by atoms with E-state index < -0.39 is 12.0 Å². The van der Waals surface area contributed by atoms with Crippen molar-refractivity contribution in [2.24, 2.45) is 11.8 Å². The van der Waals surface area contributed by atoms with Gasteiger partial charge in [0, 0.05) is 36.7 Å². The predicted octanol–water partition coefficient (Wildman–Crippen LogP) is 2.17. The molecule has 1 aliphatic rings. The van der Waals surface area contributed by atoms with Crippen LogP contribution in [0.3, 0.4) is 0 Å². The zero-order chi connectivity index (χ0) is 20.1. The van der Waals surface area contributed by atoms with Crippen molar-refractivity contribution in [1.29, 1.82) is 0 Å². The number of rotatable bonds is 7. The normalized spacial score (nSPS) is 17.6. The number of carbonyl (C=O) groups is 2. The first kappa shape index (κ1) is 21.6. The largest absolute Gasteiger partial charge is 0.386 e. The summed E-state index contributed by atoms with van der Waals surface area (Å²) >= 11 is 5.82. The van der Waals surface area contributed by atoms with Gasteiger partial charge < -0.3 is 15.7 Å². The summed E-state index contributed by atoms with van der Waals surface area (Å²) in [5, 5.41) is 9.47. The molecule has 1 aromatic rings. The van der Waals surface area contributed by atoms with Crippen LogP contribution in [0.1, 0.15) is 50.8 Å². The number of nitrogen functional groups attached to an aromatic ring is 1. The fourth-order valence-corrected chi connectivity index (χ4v) is 3.77. The first-order valence-corrected chi connectivity index (χ1v) is 9.84. The number of likely N-dealkylation sites (tertiary alicyclic amines) is 1. The van der Waals surface area contributed by atoms with Gasteiger partial charge in [0.25, 0.3) is 0 Å². The standard InChI is InChI=1S/C19H29ClN4O3/c1-11(10-16(26)13(3)25)18(27)24-8-6-14(7-9-24)4-5-15-12(2)22-19(20)23-17(15)21/h11,13-14,25H,4-10H2,1-3H3,(H2,21,22,23)/t11-,13-/m1/s1. The number of hydrogen-bond acceptors (Lipinski definition) is 6. The van der Waals surface area contributed by atoms with E-state index in [-0.39, 0.29) is 23.4 Å². The molecule has 0 aromatic carbocycles. The Balaban J connectivity index is 1.82. The van der Waals surface area contributed by atoms with Crippen LogP contribution in [0.2, 0.25) is 5.28 Å². The van der Waals surface area contributed by atoms with E-state index in [2.05, 4.69) is 9.97 Å². The summed E-state index contributed by atoms with van der Waals surface area (Å²) in [6.07, 6.45) is 2.69. The van der Waals surface area contributed by atoms with E-state index in [0.29, 0.717) is 24.8 Å². The summed E-state index contributed by atoms with van der Waals surface area (Å²) in [7, 11) is 0. The molecule has 0 spiro atoms. The van der Waals surface area contributed by atoms with Crippen molar-refractivity contribution in [3.63, 3.8) is 0 Å². The summed E-state index contributed by atoms with van der Waals surface area (Å²) < 4.78 is 0. The van der Waals surface area contributed by atoms with Crippen LogP contribution in [-0.4, -0.2) is 50.9 Å². The predicted molar refractivity (Wildman–Crippen MR) is 104 cm³/mol. The Kier molecular flexibility index (Phi) is 7.56. The average molecular weight is 397 g/mol. The third kappa shape index (κ3) is 5.87. The van der Waals surface area contributed by atoms with Crippen LogP contribution in [0.5, 0.6) is 0 Å². The number of amides is 1. The Labute approximate surface area is 165 Å². The van der Waals surface area contributed by atoms with E-state index in [0.717, 1.165) is 36.9 Å². The zero-order valence-corrected chi connectivity index (χ0v) is 17.0. The lowest BCUT2D eigenvalue weighted by Crippen LogP contribution is -2.42. The van der Waals surface area contributed by atoms with Gasteiger partial charge in [0.2, 0.25) is 11.2 Å². The minimum absolute atomic E-state index is 0.00589. The minimum Gasteiger partial charge on any atom is -0.386 e. The van der Waals surface area contributed by atoms with Crippen molar-refractivity contribution >= 4 is 29.1 Å². The van der Waals surface area contributed by atoms with Gasteiger partial charge in [0.15, 0.2) is 5.78 Å². The Bertz CT molecular complexity index is 665. The van der Waals surface area contributed by atoms with E-state index in [9.17, 15) is 14.7 Å². The van der Waals surface area contributed by atoms with E-state index in [1.54, 1.807) is 6.92 Å². The van der Waals surface area contributed by atoms with E-state index in [1.165, 1.54) is 6.92 Å². The average Bonchev–Trinajstić information content (AvgIpc) is 2.60. The molecule has 7 nitrogen and oxygen atoms in total. The third-order valence-electron chi connectivity index (χ3n) is 5.34. The molecule has 0 unspecified atom stereocenters. The van der Waals surface area contributed by atoms with Gasteiger partial charge in [-0.1, -0.05) is 6.92 Å². The minimum atomic E-state index is -1.02. The lowest BCUT2D eigenvalue weighted by Gasteiger charge is -2.33. The number of ketones is 1. The van der Waals surface area contributed by atoms with Gasteiger partial charge in [-0.25, -0.2) is 9.97 Å². The smallest absolute Gasteiger partial charge is 0.225 e. The van der Waals surface area contributed by atoms with Crippen molar-refractivity contribution < 1.29 is 14.7 Å². The molecule has 1 saturated heterocycles. The van der Waals surface area contributed by atoms with Gasteiger partial charge >= 0.3 is 0 Å². The molecule has 0 saturated carbocycles. The fourth-order valence-electron chi connectivity index (χ4n) is 3.55. The van der Waals surface area contributed by atoms with Gasteiger partial charge in [-0.3, -0.25) is 9.59 Å². The number of Topliss-reactive ketones (excluding diaryl/α,β-unsaturated/α-hetero) is 1. The highest BCUT2D eigenvalue weighted by atomic mass is 35.5. The summed E-state index contributed by atoms with van der Waals surface area (Å²) in [5.74, 6) is 0.268. The highest BCUT2D eigenvalue weighted by Crippen LogP contribution is 2.26. The Morgan fingerprint density at radius 1 is 1.30 bits per heavy atom. The van der Waals surface area contributed by atoms with Crippen LogP contribution in [0.4, 0.5) is 5.82 Å². The molecule has 1 fully saturated rings. The lowest BCUT2D eigenvalue weighted by atomic mass is 9.89. The number of nitrogens with zero attached hydrogens (tertiary/aromatic N) is 3. The maximum atomic E-state index is 12.5. The molecule has 2 rings (SSSR count). The fraction of sp³-hybridized carbons (Fsp3) is 0.684. The lowest BCUT2D eigenvalue weighted by molar-refractivity contribution is -0.140. The van der Waals surface area contributed by atoms with Crippen molar-refractivity contribution in [3.05, 3.63) is 16.5 Å². The molecular weight excluding hydrogens is 368 g/mol. The second-order valence-corrected chi connectivity index (χ2v) is 7.83. The van der Waals surface area contributed by atoms with Crippen LogP contribution in [0.15, 0.2) is 0 Å². The number of aliphatic hydroxyl groups excluding tert-OH is 1. The number of piperidine rings is 1. The van der Waals surface area contributed by atoms with Crippen molar-refractivity contribution in [2.45, 2.75) is 59.0 Å². The Hall–Kier alpha value is -1.73. The second kappa shape index (κ2) is 9.46. The second-order valence-electron chi connectivity index (χ2n) is 7.50. The molecule has 1 amide bonds. The number of aromatic nitrogens is 2. The topological polar surface area (TPSA) is 109 Å². The van der Waals surface area contributed by atoms with E-state index >= 15 is 0 Å². The number of aliphatic hydroxyl groups is 1. The maximum absolute atomic E-state index is 12.5. The SMILES string of the molecule is Cc1nc(Cl)nc(N)c1CCC1CCN(C(=O)[C@H](C)CC(=O)[C@@H](C)O)CC1. The molecule has 0 bridgehead atoms. The maximum Gasteiger partial charge on any atom is 0.225 e. The molecule has 8 heteroatoms. The van der Waals surface area contributed by atoms with Gasteiger partial charge in [0.05, 0.1) is 0 Å². The quantitative estimate of drug-likeness (QED) is 0.683. The number of nitrogens with two attached hydrogens (primary N) is 1.